The normalized spacial score (nSPS) is 11.8. The largest absolute Gasteiger partial charge is 0.478 e. The lowest BCUT2D eigenvalue weighted by molar-refractivity contribution is 0.0696. The van der Waals surface area contributed by atoms with Gasteiger partial charge in [-0.2, -0.15) is 0 Å². The van der Waals surface area contributed by atoms with Gasteiger partial charge in [-0.3, -0.25) is 0 Å². The Morgan fingerprint density at radius 2 is 2.00 bits per heavy atom. The zero-order valence-corrected chi connectivity index (χ0v) is 12.2. The number of nitrogens with zero attached hydrogens (tertiary/aromatic N) is 1. The summed E-state index contributed by atoms with van der Waals surface area (Å²) in [6.45, 7) is 2.91. The molecule has 0 heterocycles. The number of carboxylic acid groups (broad SMARTS) is 1. The molecule has 6 heteroatoms. The van der Waals surface area contributed by atoms with E-state index < -0.39 is 15.8 Å². The van der Waals surface area contributed by atoms with Gasteiger partial charge in [0.05, 0.1) is 11.3 Å². The number of hydrogen-bond donors (Lipinski definition) is 1. The Bertz CT molecular complexity index is 566. The minimum absolute atomic E-state index is 0.121. The van der Waals surface area contributed by atoms with E-state index in [1.807, 2.05) is 18.9 Å². The van der Waals surface area contributed by atoms with Crippen molar-refractivity contribution in [2.45, 2.75) is 13.5 Å². The highest BCUT2D eigenvalue weighted by atomic mass is 32.2. The summed E-state index contributed by atoms with van der Waals surface area (Å²) in [5, 5.41) is 8.88. The van der Waals surface area contributed by atoms with Gasteiger partial charge in [-0.25, -0.2) is 13.2 Å². The van der Waals surface area contributed by atoms with Crippen molar-refractivity contribution < 1.29 is 18.3 Å². The number of rotatable bonds is 6. The highest BCUT2D eigenvalue weighted by Crippen LogP contribution is 2.13. The standard InChI is InChI=1S/C13H19NO4S/c1-10-8-11(13(15)16)4-5-12(10)9-14(2)6-7-19(3,17)18/h4-5,8H,6-7,9H2,1-3H3,(H,15,16). The molecule has 0 aliphatic rings. The fourth-order valence-electron chi connectivity index (χ4n) is 1.70. The second-order valence-corrected chi connectivity index (χ2v) is 7.07. The Balaban J connectivity index is 2.69. The molecule has 0 saturated heterocycles. The predicted octanol–water partition coefficient (Wildman–Crippen LogP) is 1.17. The van der Waals surface area contributed by atoms with Crippen LogP contribution in [0.3, 0.4) is 0 Å². The highest BCUT2D eigenvalue weighted by molar-refractivity contribution is 7.90. The molecule has 0 amide bonds. The first-order valence-corrected chi connectivity index (χ1v) is 7.94. The van der Waals surface area contributed by atoms with Gasteiger partial charge >= 0.3 is 5.97 Å². The Hall–Kier alpha value is -1.40. The molecular formula is C13H19NO4S. The van der Waals surface area contributed by atoms with Crippen molar-refractivity contribution in [3.63, 3.8) is 0 Å². The first-order chi connectivity index (χ1) is 8.69. The molecule has 1 rings (SSSR count). The number of aromatic carboxylic acids is 1. The van der Waals surface area contributed by atoms with Crippen molar-refractivity contribution in [1.82, 2.24) is 4.90 Å². The van der Waals surface area contributed by atoms with Crippen LogP contribution in [0, 0.1) is 6.92 Å². The second-order valence-electron chi connectivity index (χ2n) is 4.81. The zero-order chi connectivity index (χ0) is 14.6. The summed E-state index contributed by atoms with van der Waals surface area (Å²) in [6.07, 6.45) is 1.22. The lowest BCUT2D eigenvalue weighted by Gasteiger charge is -2.17. The average Bonchev–Trinajstić information content (AvgIpc) is 2.28. The van der Waals surface area contributed by atoms with Crippen LogP contribution in [0.2, 0.25) is 0 Å². The molecule has 0 aromatic heterocycles. The van der Waals surface area contributed by atoms with E-state index in [0.29, 0.717) is 13.1 Å². The molecule has 0 aliphatic carbocycles. The topological polar surface area (TPSA) is 74.7 Å². The van der Waals surface area contributed by atoms with Crippen LogP contribution in [0.25, 0.3) is 0 Å². The number of hydrogen-bond acceptors (Lipinski definition) is 4. The summed E-state index contributed by atoms with van der Waals surface area (Å²) in [5.41, 5.74) is 2.16. The van der Waals surface area contributed by atoms with Crippen LogP contribution in [-0.4, -0.2) is 50.0 Å². The predicted molar refractivity (Wildman–Crippen MR) is 74.2 cm³/mol. The van der Waals surface area contributed by atoms with Gasteiger partial charge in [0.1, 0.15) is 9.84 Å². The third kappa shape index (κ3) is 5.40. The minimum atomic E-state index is -2.96. The van der Waals surface area contributed by atoms with Crippen molar-refractivity contribution in [3.05, 3.63) is 34.9 Å². The molecule has 0 fully saturated rings. The van der Waals surface area contributed by atoms with E-state index in [4.69, 9.17) is 5.11 Å². The van der Waals surface area contributed by atoms with E-state index in [-0.39, 0.29) is 11.3 Å². The maximum Gasteiger partial charge on any atom is 0.335 e. The van der Waals surface area contributed by atoms with Crippen LogP contribution < -0.4 is 0 Å². The summed E-state index contributed by atoms with van der Waals surface area (Å²) in [7, 11) is -1.12. The first-order valence-electron chi connectivity index (χ1n) is 5.88. The zero-order valence-electron chi connectivity index (χ0n) is 11.4. The maximum absolute atomic E-state index is 11.1. The van der Waals surface area contributed by atoms with Gasteiger partial charge in [0.15, 0.2) is 0 Å². The van der Waals surface area contributed by atoms with E-state index >= 15 is 0 Å². The molecule has 1 aromatic rings. The summed E-state index contributed by atoms with van der Waals surface area (Å²) in [6, 6.07) is 4.97. The molecule has 0 spiro atoms. The highest BCUT2D eigenvalue weighted by Gasteiger charge is 2.09. The fraction of sp³-hybridized carbons (Fsp3) is 0.462. The molecule has 19 heavy (non-hydrogen) atoms. The Labute approximate surface area is 113 Å². The van der Waals surface area contributed by atoms with Gasteiger partial charge < -0.3 is 10.0 Å². The number of carbonyl (C=O) groups is 1. The third-order valence-electron chi connectivity index (χ3n) is 2.87. The fourth-order valence-corrected chi connectivity index (χ4v) is 2.34. The molecule has 5 nitrogen and oxygen atoms in total. The van der Waals surface area contributed by atoms with E-state index in [9.17, 15) is 13.2 Å². The summed E-state index contributed by atoms with van der Waals surface area (Å²) >= 11 is 0. The van der Waals surface area contributed by atoms with Crippen molar-refractivity contribution >= 4 is 15.8 Å². The lowest BCUT2D eigenvalue weighted by Crippen LogP contribution is -2.25. The minimum Gasteiger partial charge on any atom is -0.478 e. The molecule has 0 saturated carbocycles. The van der Waals surface area contributed by atoms with Crippen LogP contribution in [0.5, 0.6) is 0 Å². The second kappa shape index (κ2) is 6.16. The SMILES string of the molecule is Cc1cc(C(=O)O)ccc1CN(C)CCS(C)(=O)=O. The van der Waals surface area contributed by atoms with Gasteiger partial charge in [-0.1, -0.05) is 6.07 Å². The molecule has 0 unspecified atom stereocenters. The summed E-state index contributed by atoms with van der Waals surface area (Å²) < 4.78 is 22.2. The summed E-state index contributed by atoms with van der Waals surface area (Å²) in [4.78, 5) is 12.7. The molecule has 106 valence electrons. The Kier molecular flexibility index (Phi) is 5.08. The molecule has 1 aromatic carbocycles. The van der Waals surface area contributed by atoms with Gasteiger partial charge in [-0.05, 0) is 37.2 Å². The summed E-state index contributed by atoms with van der Waals surface area (Å²) in [5.74, 6) is -0.824. The van der Waals surface area contributed by atoms with E-state index in [2.05, 4.69) is 0 Å². The van der Waals surface area contributed by atoms with E-state index in [1.54, 1.807) is 18.2 Å². The average molecular weight is 285 g/mol. The quantitative estimate of drug-likeness (QED) is 0.849. The molecule has 0 aliphatic heterocycles. The number of sulfone groups is 1. The first kappa shape index (κ1) is 15.7. The smallest absolute Gasteiger partial charge is 0.335 e. The number of aryl methyl sites for hydroxylation is 1. The number of benzene rings is 1. The number of carboxylic acids is 1. The lowest BCUT2D eigenvalue weighted by atomic mass is 10.0. The van der Waals surface area contributed by atoms with Crippen LogP contribution >= 0.6 is 0 Å². The van der Waals surface area contributed by atoms with E-state index in [0.717, 1.165) is 11.1 Å². The van der Waals surface area contributed by atoms with Crippen molar-refractivity contribution in [1.29, 1.82) is 0 Å². The Morgan fingerprint density at radius 3 is 2.47 bits per heavy atom. The van der Waals surface area contributed by atoms with Crippen molar-refractivity contribution in [2.75, 3.05) is 25.6 Å². The van der Waals surface area contributed by atoms with Crippen LogP contribution in [0.4, 0.5) is 0 Å². The molecule has 1 N–H and O–H groups in total. The molecule has 0 radical (unpaired) electrons. The monoisotopic (exact) mass is 285 g/mol. The molecule has 0 atom stereocenters. The van der Waals surface area contributed by atoms with Gasteiger partial charge in [-0.15, -0.1) is 0 Å². The van der Waals surface area contributed by atoms with Crippen molar-refractivity contribution in [3.8, 4) is 0 Å². The van der Waals surface area contributed by atoms with Crippen LogP contribution in [-0.2, 0) is 16.4 Å². The molecule has 0 bridgehead atoms. The van der Waals surface area contributed by atoms with Gasteiger partial charge in [0.2, 0.25) is 0 Å². The molecular weight excluding hydrogens is 266 g/mol. The van der Waals surface area contributed by atoms with Crippen LogP contribution in [0.1, 0.15) is 21.5 Å². The van der Waals surface area contributed by atoms with E-state index in [1.165, 1.54) is 6.26 Å². The van der Waals surface area contributed by atoms with Crippen LogP contribution in [0.15, 0.2) is 18.2 Å². The van der Waals surface area contributed by atoms with Gasteiger partial charge in [0, 0.05) is 19.3 Å². The maximum atomic E-state index is 11.1. The Morgan fingerprint density at radius 1 is 1.37 bits per heavy atom. The third-order valence-corrected chi connectivity index (χ3v) is 3.80. The van der Waals surface area contributed by atoms with Crippen molar-refractivity contribution in [2.24, 2.45) is 0 Å². The van der Waals surface area contributed by atoms with Gasteiger partial charge in [0.25, 0.3) is 0 Å².